The number of thioether (sulfide) groups is 1. The first-order valence-corrected chi connectivity index (χ1v) is 10.5. The van der Waals surface area contributed by atoms with Crippen molar-refractivity contribution in [1.29, 1.82) is 0 Å². The summed E-state index contributed by atoms with van der Waals surface area (Å²) in [6.45, 7) is 3.97. The molecule has 0 atom stereocenters. The van der Waals surface area contributed by atoms with Crippen LogP contribution in [0.3, 0.4) is 0 Å². The van der Waals surface area contributed by atoms with Gasteiger partial charge < -0.3 is 14.8 Å². The fourth-order valence-electron chi connectivity index (χ4n) is 2.76. The average molecular weight is 434 g/mol. The van der Waals surface area contributed by atoms with Crippen molar-refractivity contribution < 1.29 is 9.47 Å². The van der Waals surface area contributed by atoms with Crippen LogP contribution in [0.25, 0.3) is 0 Å². The number of nitrogens with one attached hydrogen (secondary N) is 1. The molecular weight excluding hydrogens is 410 g/mol. The van der Waals surface area contributed by atoms with Crippen molar-refractivity contribution in [2.24, 2.45) is 7.05 Å². The summed E-state index contributed by atoms with van der Waals surface area (Å²) in [6.07, 6.45) is 0. The number of methoxy groups -OCH3 is 1. The van der Waals surface area contributed by atoms with Crippen LogP contribution < -0.4 is 14.8 Å². The third-order valence-corrected chi connectivity index (χ3v) is 5.47. The summed E-state index contributed by atoms with van der Waals surface area (Å²) in [4.78, 5) is 0. The van der Waals surface area contributed by atoms with Gasteiger partial charge in [-0.1, -0.05) is 53.2 Å². The molecule has 0 aliphatic rings. The molecule has 0 saturated heterocycles. The number of halogens is 1. The molecule has 1 N–H and O–H groups in total. The number of aryl methyl sites for hydroxylation is 2. The monoisotopic (exact) mass is 433 g/mol. The normalized spacial score (nSPS) is 10.9. The van der Waals surface area contributed by atoms with Gasteiger partial charge in [-0.3, -0.25) is 0 Å². The number of hydrogen-bond donors (Lipinski definition) is 1. The Labute approximate surface area is 179 Å². The molecule has 0 spiro atoms. The molecular formula is C20H24ClN5O2S. The van der Waals surface area contributed by atoms with Crippen molar-refractivity contribution in [2.75, 3.05) is 19.4 Å². The number of ether oxygens (including phenoxy) is 2. The van der Waals surface area contributed by atoms with E-state index >= 15 is 0 Å². The first-order chi connectivity index (χ1) is 14.1. The molecule has 0 aliphatic carbocycles. The maximum absolute atomic E-state index is 6.47. The van der Waals surface area contributed by atoms with Gasteiger partial charge in [0.25, 0.3) is 0 Å². The zero-order chi connectivity index (χ0) is 20.6. The quantitative estimate of drug-likeness (QED) is 0.386. The van der Waals surface area contributed by atoms with Crippen LogP contribution in [0.15, 0.2) is 41.6 Å². The molecule has 3 rings (SSSR count). The summed E-state index contributed by atoms with van der Waals surface area (Å²) in [5.41, 5.74) is 3.31. The first kappa shape index (κ1) is 21.4. The van der Waals surface area contributed by atoms with E-state index in [0.717, 1.165) is 28.6 Å². The van der Waals surface area contributed by atoms with Gasteiger partial charge in [0, 0.05) is 25.9 Å². The lowest BCUT2D eigenvalue weighted by molar-refractivity contribution is 0.284. The van der Waals surface area contributed by atoms with Crippen LogP contribution in [-0.2, 0) is 20.2 Å². The molecule has 0 bridgehead atoms. The van der Waals surface area contributed by atoms with Gasteiger partial charge in [-0.25, -0.2) is 4.68 Å². The predicted molar refractivity (Wildman–Crippen MR) is 115 cm³/mol. The van der Waals surface area contributed by atoms with Crippen LogP contribution in [0, 0.1) is 6.92 Å². The van der Waals surface area contributed by atoms with Crippen LogP contribution in [0.5, 0.6) is 11.5 Å². The lowest BCUT2D eigenvalue weighted by atomic mass is 10.1. The van der Waals surface area contributed by atoms with E-state index in [-0.39, 0.29) is 0 Å². The summed E-state index contributed by atoms with van der Waals surface area (Å²) in [7, 11) is 3.45. The summed E-state index contributed by atoms with van der Waals surface area (Å²) in [5.74, 6) is 2.04. The third-order valence-electron chi connectivity index (χ3n) is 4.18. The standard InChI is InChI=1S/C20H24ClN5O2S/c1-14-5-4-6-15(9-14)13-28-19-17(21)10-16(11-18(19)27-3)12-22-7-8-29-20-23-24-25-26(20)2/h4-6,9-11,22H,7-8,12-13H2,1-3H3. The Bertz CT molecular complexity index is 950. The Morgan fingerprint density at radius 1 is 1.21 bits per heavy atom. The number of benzene rings is 2. The smallest absolute Gasteiger partial charge is 0.209 e. The number of nitrogens with zero attached hydrogens (tertiary/aromatic N) is 4. The fraction of sp³-hybridized carbons (Fsp3) is 0.350. The van der Waals surface area contributed by atoms with Gasteiger partial charge in [-0.05, 0) is 40.6 Å². The number of hydrogen-bond acceptors (Lipinski definition) is 7. The van der Waals surface area contributed by atoms with Crippen molar-refractivity contribution in [3.8, 4) is 11.5 Å². The lowest BCUT2D eigenvalue weighted by Gasteiger charge is -2.15. The second-order valence-corrected chi connectivity index (χ2v) is 7.97. The molecule has 0 fully saturated rings. The molecule has 1 aromatic heterocycles. The maximum Gasteiger partial charge on any atom is 0.209 e. The van der Waals surface area contributed by atoms with E-state index in [1.165, 1.54) is 5.56 Å². The molecule has 0 aliphatic heterocycles. The fourth-order valence-corrected chi connectivity index (χ4v) is 3.80. The highest BCUT2D eigenvalue weighted by atomic mass is 35.5. The van der Waals surface area contributed by atoms with Gasteiger partial charge >= 0.3 is 0 Å². The predicted octanol–water partition coefficient (Wildman–Crippen LogP) is 3.64. The van der Waals surface area contributed by atoms with E-state index in [1.807, 2.05) is 31.3 Å². The van der Waals surface area contributed by atoms with Gasteiger partial charge in [0.2, 0.25) is 5.16 Å². The molecule has 7 nitrogen and oxygen atoms in total. The van der Waals surface area contributed by atoms with Gasteiger partial charge in [0.15, 0.2) is 11.5 Å². The lowest BCUT2D eigenvalue weighted by Crippen LogP contribution is -2.17. The van der Waals surface area contributed by atoms with E-state index in [1.54, 1.807) is 23.6 Å². The Morgan fingerprint density at radius 3 is 2.79 bits per heavy atom. The Morgan fingerprint density at radius 2 is 2.07 bits per heavy atom. The van der Waals surface area contributed by atoms with Crippen molar-refractivity contribution in [2.45, 2.75) is 25.2 Å². The minimum Gasteiger partial charge on any atom is -0.493 e. The maximum atomic E-state index is 6.47. The zero-order valence-electron chi connectivity index (χ0n) is 16.7. The Balaban J connectivity index is 1.54. The van der Waals surface area contributed by atoms with Crippen LogP contribution in [-0.4, -0.2) is 39.6 Å². The minimum atomic E-state index is 0.434. The highest BCUT2D eigenvalue weighted by Gasteiger charge is 2.12. The topological polar surface area (TPSA) is 74.1 Å². The molecule has 0 saturated carbocycles. The molecule has 154 valence electrons. The SMILES string of the molecule is COc1cc(CNCCSc2nnnn2C)cc(Cl)c1OCc1cccc(C)c1. The molecule has 0 amide bonds. The zero-order valence-corrected chi connectivity index (χ0v) is 18.3. The number of tetrazole rings is 1. The minimum absolute atomic E-state index is 0.434. The molecule has 9 heteroatoms. The largest absolute Gasteiger partial charge is 0.493 e. The van der Waals surface area contributed by atoms with Crippen LogP contribution in [0.2, 0.25) is 5.02 Å². The third kappa shape index (κ3) is 6.09. The molecule has 0 unspecified atom stereocenters. The highest BCUT2D eigenvalue weighted by Crippen LogP contribution is 2.37. The second kappa shape index (κ2) is 10.5. The van der Waals surface area contributed by atoms with Gasteiger partial charge in [-0.15, -0.1) is 5.10 Å². The summed E-state index contributed by atoms with van der Waals surface area (Å²) in [6, 6.07) is 12.0. The summed E-state index contributed by atoms with van der Waals surface area (Å²) >= 11 is 8.08. The van der Waals surface area contributed by atoms with Crippen molar-refractivity contribution in [1.82, 2.24) is 25.5 Å². The average Bonchev–Trinajstić information content (AvgIpc) is 3.11. The number of aromatic nitrogens is 4. The molecule has 0 radical (unpaired) electrons. The van der Waals surface area contributed by atoms with Gasteiger partial charge in [0.1, 0.15) is 6.61 Å². The van der Waals surface area contributed by atoms with E-state index in [0.29, 0.717) is 29.7 Å². The van der Waals surface area contributed by atoms with Crippen molar-refractivity contribution in [3.63, 3.8) is 0 Å². The van der Waals surface area contributed by atoms with Gasteiger partial charge in [-0.2, -0.15) is 0 Å². The molecule has 3 aromatic rings. The molecule has 1 heterocycles. The van der Waals surface area contributed by atoms with Crippen molar-refractivity contribution >= 4 is 23.4 Å². The summed E-state index contributed by atoms with van der Waals surface area (Å²) in [5, 5.41) is 16.1. The van der Waals surface area contributed by atoms with Gasteiger partial charge in [0.05, 0.1) is 12.1 Å². The Kier molecular flexibility index (Phi) is 7.74. The highest BCUT2D eigenvalue weighted by molar-refractivity contribution is 7.99. The van der Waals surface area contributed by atoms with E-state index in [2.05, 4.69) is 39.9 Å². The Hall–Kier alpha value is -2.29. The van der Waals surface area contributed by atoms with E-state index in [9.17, 15) is 0 Å². The van der Waals surface area contributed by atoms with Crippen LogP contribution in [0.4, 0.5) is 0 Å². The van der Waals surface area contributed by atoms with Crippen LogP contribution >= 0.6 is 23.4 Å². The second-order valence-electron chi connectivity index (χ2n) is 6.50. The molecule has 2 aromatic carbocycles. The van der Waals surface area contributed by atoms with E-state index in [4.69, 9.17) is 21.1 Å². The van der Waals surface area contributed by atoms with Crippen molar-refractivity contribution in [3.05, 3.63) is 58.1 Å². The van der Waals surface area contributed by atoms with Crippen LogP contribution in [0.1, 0.15) is 16.7 Å². The van der Waals surface area contributed by atoms with E-state index < -0.39 is 0 Å². The first-order valence-electron chi connectivity index (χ1n) is 9.17. The molecule has 29 heavy (non-hydrogen) atoms. The summed E-state index contributed by atoms with van der Waals surface area (Å²) < 4.78 is 13.1. The number of rotatable bonds is 10.